The summed E-state index contributed by atoms with van der Waals surface area (Å²) in [6, 6.07) is 7.55. The van der Waals surface area contributed by atoms with E-state index in [1.807, 2.05) is 55.8 Å². The quantitative estimate of drug-likeness (QED) is 0.895. The van der Waals surface area contributed by atoms with Gasteiger partial charge < -0.3 is 14.8 Å². The third kappa shape index (κ3) is 4.09. The molecule has 26 heavy (non-hydrogen) atoms. The van der Waals surface area contributed by atoms with Gasteiger partial charge in [0, 0.05) is 35.8 Å². The number of hydrogen-bond acceptors (Lipinski definition) is 4. The molecule has 0 bridgehead atoms. The van der Waals surface area contributed by atoms with Gasteiger partial charge in [-0.15, -0.1) is 11.8 Å². The Morgan fingerprint density at radius 3 is 2.62 bits per heavy atom. The molecule has 2 heterocycles. The Kier molecular flexibility index (Phi) is 5.36. The molecule has 0 spiro atoms. The average molecular weight is 372 g/mol. The first-order valence-electron chi connectivity index (χ1n) is 8.60. The van der Waals surface area contributed by atoms with Crippen molar-refractivity contribution in [1.82, 2.24) is 19.8 Å². The SMILES string of the molecule is CC(C)(C)C(=O)N1CSCC1C(=O)NCc1ccc(-n2ccnc2)cc1. The molecule has 3 rings (SSSR count). The maximum atomic E-state index is 12.6. The van der Waals surface area contributed by atoms with E-state index in [4.69, 9.17) is 0 Å². The van der Waals surface area contributed by atoms with E-state index in [0.717, 1.165) is 11.3 Å². The number of benzene rings is 1. The summed E-state index contributed by atoms with van der Waals surface area (Å²) in [6.45, 7) is 6.10. The zero-order valence-corrected chi connectivity index (χ0v) is 16.1. The van der Waals surface area contributed by atoms with E-state index in [-0.39, 0.29) is 11.8 Å². The molecule has 1 aliphatic heterocycles. The molecule has 1 unspecified atom stereocenters. The Morgan fingerprint density at radius 1 is 1.27 bits per heavy atom. The van der Waals surface area contributed by atoms with Crippen LogP contribution < -0.4 is 5.32 Å². The molecule has 1 aromatic heterocycles. The summed E-state index contributed by atoms with van der Waals surface area (Å²) in [4.78, 5) is 30.8. The number of thioether (sulfide) groups is 1. The Bertz CT molecular complexity index is 766. The summed E-state index contributed by atoms with van der Waals surface area (Å²) in [5.41, 5.74) is 1.56. The van der Waals surface area contributed by atoms with Gasteiger partial charge in [0.05, 0.1) is 12.2 Å². The van der Waals surface area contributed by atoms with Gasteiger partial charge in [-0.1, -0.05) is 32.9 Å². The number of nitrogens with zero attached hydrogens (tertiary/aromatic N) is 3. The maximum Gasteiger partial charge on any atom is 0.243 e. The first-order chi connectivity index (χ1) is 12.4. The number of imidazole rings is 1. The Hall–Kier alpha value is -2.28. The first kappa shape index (κ1) is 18.5. The highest BCUT2D eigenvalue weighted by Gasteiger charge is 2.38. The number of nitrogens with one attached hydrogen (secondary N) is 1. The van der Waals surface area contributed by atoms with Crippen molar-refractivity contribution in [3.63, 3.8) is 0 Å². The number of amides is 2. The van der Waals surface area contributed by atoms with Crippen LogP contribution in [0.25, 0.3) is 5.69 Å². The minimum absolute atomic E-state index is 0.0207. The zero-order chi connectivity index (χ0) is 18.7. The number of aromatic nitrogens is 2. The summed E-state index contributed by atoms with van der Waals surface area (Å²) >= 11 is 1.62. The van der Waals surface area contributed by atoms with E-state index in [0.29, 0.717) is 18.2 Å². The molecule has 0 aliphatic carbocycles. The van der Waals surface area contributed by atoms with Gasteiger partial charge in [0.2, 0.25) is 11.8 Å². The summed E-state index contributed by atoms with van der Waals surface area (Å²) < 4.78 is 1.92. The molecule has 1 saturated heterocycles. The van der Waals surface area contributed by atoms with Crippen LogP contribution in [0.5, 0.6) is 0 Å². The van der Waals surface area contributed by atoms with E-state index >= 15 is 0 Å². The van der Waals surface area contributed by atoms with Gasteiger partial charge in [0.25, 0.3) is 0 Å². The van der Waals surface area contributed by atoms with Crippen LogP contribution in [0.15, 0.2) is 43.0 Å². The predicted octanol–water partition coefficient (Wildman–Crippen LogP) is 2.44. The van der Waals surface area contributed by atoms with Crippen LogP contribution in [0, 0.1) is 5.41 Å². The molecule has 7 heteroatoms. The normalized spacial score (nSPS) is 17.3. The fourth-order valence-corrected chi connectivity index (χ4v) is 3.95. The lowest BCUT2D eigenvalue weighted by Gasteiger charge is -2.29. The highest BCUT2D eigenvalue weighted by atomic mass is 32.2. The number of rotatable bonds is 4. The van der Waals surface area contributed by atoms with Crippen molar-refractivity contribution in [3.05, 3.63) is 48.5 Å². The third-order valence-electron chi connectivity index (χ3n) is 4.29. The minimum Gasteiger partial charge on any atom is -0.350 e. The van der Waals surface area contributed by atoms with E-state index in [1.54, 1.807) is 29.2 Å². The van der Waals surface area contributed by atoms with Crippen molar-refractivity contribution >= 4 is 23.6 Å². The Balaban J connectivity index is 1.59. The van der Waals surface area contributed by atoms with E-state index in [9.17, 15) is 9.59 Å². The van der Waals surface area contributed by atoms with Gasteiger partial charge in [-0.3, -0.25) is 9.59 Å². The van der Waals surface area contributed by atoms with Gasteiger partial charge in [-0.25, -0.2) is 4.98 Å². The van der Waals surface area contributed by atoms with Gasteiger partial charge in [0.15, 0.2) is 0 Å². The molecule has 6 nitrogen and oxygen atoms in total. The fourth-order valence-electron chi connectivity index (χ4n) is 2.80. The van der Waals surface area contributed by atoms with Crippen LogP contribution in [0.2, 0.25) is 0 Å². The molecule has 2 aromatic rings. The number of carbonyl (C=O) groups is 2. The Labute approximate surface area is 158 Å². The van der Waals surface area contributed by atoms with Crippen LogP contribution in [-0.2, 0) is 16.1 Å². The molecular weight excluding hydrogens is 348 g/mol. The van der Waals surface area contributed by atoms with Crippen LogP contribution in [-0.4, -0.2) is 43.9 Å². The van der Waals surface area contributed by atoms with Gasteiger partial charge in [-0.05, 0) is 17.7 Å². The van der Waals surface area contributed by atoms with Crippen molar-refractivity contribution in [1.29, 1.82) is 0 Å². The van der Waals surface area contributed by atoms with Crippen molar-refractivity contribution in [2.24, 2.45) is 5.41 Å². The van der Waals surface area contributed by atoms with Crippen LogP contribution >= 0.6 is 11.8 Å². The summed E-state index contributed by atoms with van der Waals surface area (Å²) in [6.07, 6.45) is 5.36. The third-order valence-corrected chi connectivity index (χ3v) is 5.31. The second-order valence-corrected chi connectivity index (χ2v) is 8.39. The summed E-state index contributed by atoms with van der Waals surface area (Å²) in [5.74, 6) is 1.15. The highest BCUT2D eigenvalue weighted by molar-refractivity contribution is 7.99. The highest BCUT2D eigenvalue weighted by Crippen LogP contribution is 2.27. The predicted molar refractivity (Wildman–Crippen MR) is 103 cm³/mol. The van der Waals surface area contributed by atoms with E-state index in [1.165, 1.54) is 0 Å². The lowest BCUT2D eigenvalue weighted by Crippen LogP contribution is -2.50. The molecule has 1 fully saturated rings. The van der Waals surface area contributed by atoms with Gasteiger partial charge in [-0.2, -0.15) is 0 Å². The van der Waals surface area contributed by atoms with Gasteiger partial charge >= 0.3 is 0 Å². The molecule has 138 valence electrons. The Morgan fingerprint density at radius 2 is 2.00 bits per heavy atom. The molecule has 0 radical (unpaired) electrons. The van der Waals surface area contributed by atoms with Crippen LogP contribution in [0.1, 0.15) is 26.3 Å². The fraction of sp³-hybridized carbons (Fsp3) is 0.421. The van der Waals surface area contributed by atoms with Crippen molar-refractivity contribution in [2.75, 3.05) is 11.6 Å². The average Bonchev–Trinajstić information content (AvgIpc) is 3.30. The van der Waals surface area contributed by atoms with E-state index in [2.05, 4.69) is 10.3 Å². The number of hydrogen-bond donors (Lipinski definition) is 1. The summed E-state index contributed by atoms with van der Waals surface area (Å²) in [5, 5.41) is 2.97. The lowest BCUT2D eigenvalue weighted by molar-refractivity contribution is -0.144. The zero-order valence-electron chi connectivity index (χ0n) is 15.3. The minimum atomic E-state index is -0.480. The van der Waals surface area contributed by atoms with Crippen molar-refractivity contribution in [2.45, 2.75) is 33.4 Å². The topological polar surface area (TPSA) is 67.2 Å². The largest absolute Gasteiger partial charge is 0.350 e. The van der Waals surface area contributed by atoms with Crippen LogP contribution in [0.4, 0.5) is 0 Å². The maximum absolute atomic E-state index is 12.6. The molecular formula is C19H24N4O2S. The monoisotopic (exact) mass is 372 g/mol. The van der Waals surface area contributed by atoms with Crippen molar-refractivity contribution in [3.8, 4) is 5.69 Å². The van der Waals surface area contributed by atoms with Crippen LogP contribution in [0.3, 0.4) is 0 Å². The standard InChI is InChI=1S/C19H24N4O2S/c1-19(2,3)18(25)23-13-26-11-16(23)17(24)21-10-14-4-6-15(7-5-14)22-9-8-20-12-22/h4-9,12,16H,10-11,13H2,1-3H3,(H,21,24). The molecule has 0 saturated carbocycles. The smallest absolute Gasteiger partial charge is 0.243 e. The van der Waals surface area contributed by atoms with Gasteiger partial charge in [0.1, 0.15) is 6.04 Å². The van der Waals surface area contributed by atoms with Crippen molar-refractivity contribution < 1.29 is 9.59 Å². The molecule has 1 atom stereocenters. The number of carbonyl (C=O) groups excluding carboxylic acids is 2. The first-order valence-corrected chi connectivity index (χ1v) is 9.75. The lowest BCUT2D eigenvalue weighted by atomic mass is 9.94. The molecule has 1 aliphatic rings. The second-order valence-electron chi connectivity index (χ2n) is 7.39. The second kappa shape index (κ2) is 7.53. The van der Waals surface area contributed by atoms with E-state index < -0.39 is 11.5 Å². The molecule has 1 aromatic carbocycles. The summed E-state index contributed by atoms with van der Waals surface area (Å²) in [7, 11) is 0. The molecule has 1 N–H and O–H groups in total. The molecule has 2 amide bonds.